The van der Waals surface area contributed by atoms with Gasteiger partial charge in [0, 0.05) is 36.9 Å². The van der Waals surface area contributed by atoms with Gasteiger partial charge in [-0.15, -0.1) is 0 Å². The van der Waals surface area contributed by atoms with E-state index in [4.69, 9.17) is 0 Å². The molecule has 1 aliphatic rings. The zero-order valence-electron chi connectivity index (χ0n) is 8.85. The quantitative estimate of drug-likeness (QED) is 0.845. The lowest BCUT2D eigenvalue weighted by atomic mass is 10.2. The van der Waals surface area contributed by atoms with Gasteiger partial charge in [0.2, 0.25) is 0 Å². The van der Waals surface area contributed by atoms with Gasteiger partial charge in [0.05, 0.1) is 5.69 Å². The van der Waals surface area contributed by atoms with Gasteiger partial charge in [-0.1, -0.05) is 6.42 Å². The third-order valence-corrected chi connectivity index (χ3v) is 3.97. The molecular formula is C11H17N3S. The predicted octanol–water partition coefficient (Wildman–Crippen LogP) is 1.85. The van der Waals surface area contributed by atoms with Crippen LogP contribution < -0.4 is 5.32 Å². The molecule has 1 aliphatic heterocycles. The van der Waals surface area contributed by atoms with Crippen LogP contribution in [0.15, 0.2) is 18.6 Å². The van der Waals surface area contributed by atoms with Crippen molar-refractivity contribution in [3.8, 4) is 0 Å². The summed E-state index contributed by atoms with van der Waals surface area (Å²) in [4.78, 5) is 8.27. The minimum Gasteiger partial charge on any atom is -0.310 e. The van der Waals surface area contributed by atoms with Crippen LogP contribution >= 0.6 is 11.8 Å². The van der Waals surface area contributed by atoms with E-state index in [-0.39, 0.29) is 0 Å². The molecule has 4 heteroatoms. The maximum atomic E-state index is 4.23. The molecule has 0 amide bonds. The third-order valence-electron chi connectivity index (χ3n) is 2.57. The summed E-state index contributed by atoms with van der Waals surface area (Å²) in [5.41, 5.74) is 1.03. The summed E-state index contributed by atoms with van der Waals surface area (Å²) >= 11 is 2.10. The molecule has 0 bridgehead atoms. The SMILES string of the molecule is c1cnc(CNCC2CCCCS2)cn1. The number of hydrogen-bond donors (Lipinski definition) is 1. The Morgan fingerprint density at radius 3 is 3.13 bits per heavy atom. The summed E-state index contributed by atoms with van der Waals surface area (Å²) in [6, 6.07) is 0. The first-order valence-corrected chi connectivity index (χ1v) is 6.57. The van der Waals surface area contributed by atoms with Crippen molar-refractivity contribution in [1.82, 2.24) is 15.3 Å². The minimum atomic E-state index is 0.801. The molecule has 0 spiro atoms. The second-order valence-corrected chi connectivity index (χ2v) is 5.22. The van der Waals surface area contributed by atoms with Crippen LogP contribution in [-0.2, 0) is 6.54 Å². The van der Waals surface area contributed by atoms with Crippen molar-refractivity contribution in [3.05, 3.63) is 24.3 Å². The molecule has 1 unspecified atom stereocenters. The number of rotatable bonds is 4. The van der Waals surface area contributed by atoms with E-state index < -0.39 is 0 Å². The van der Waals surface area contributed by atoms with Crippen LogP contribution in [0.2, 0.25) is 0 Å². The highest BCUT2D eigenvalue weighted by atomic mass is 32.2. The van der Waals surface area contributed by atoms with E-state index in [2.05, 4.69) is 27.0 Å². The molecule has 1 fully saturated rings. The minimum absolute atomic E-state index is 0.801. The van der Waals surface area contributed by atoms with Crippen LogP contribution in [-0.4, -0.2) is 27.5 Å². The van der Waals surface area contributed by atoms with Crippen LogP contribution in [0, 0.1) is 0 Å². The van der Waals surface area contributed by atoms with Crippen molar-refractivity contribution in [1.29, 1.82) is 0 Å². The normalized spacial score (nSPS) is 21.5. The van der Waals surface area contributed by atoms with Crippen molar-refractivity contribution < 1.29 is 0 Å². The highest BCUT2D eigenvalue weighted by Gasteiger charge is 2.12. The van der Waals surface area contributed by atoms with Gasteiger partial charge >= 0.3 is 0 Å². The first kappa shape index (κ1) is 10.9. The summed E-state index contributed by atoms with van der Waals surface area (Å²) in [7, 11) is 0. The molecule has 0 aromatic carbocycles. The standard InChI is InChI=1S/C11H17N3S/c1-2-6-15-11(3-1)9-13-8-10-7-12-4-5-14-10/h4-5,7,11,13H,1-3,6,8-9H2. The maximum absolute atomic E-state index is 4.23. The Balaban J connectivity index is 1.66. The maximum Gasteiger partial charge on any atom is 0.0724 e. The van der Waals surface area contributed by atoms with E-state index in [1.54, 1.807) is 12.4 Å². The molecule has 0 aliphatic carbocycles. The summed E-state index contributed by atoms with van der Waals surface area (Å²) in [6.07, 6.45) is 9.42. The lowest BCUT2D eigenvalue weighted by molar-refractivity contribution is 0.593. The highest BCUT2D eigenvalue weighted by Crippen LogP contribution is 2.24. The Morgan fingerprint density at radius 1 is 1.40 bits per heavy atom. The Labute approximate surface area is 95.1 Å². The first-order valence-electron chi connectivity index (χ1n) is 5.52. The molecule has 0 saturated carbocycles. The van der Waals surface area contributed by atoms with Gasteiger partial charge in [0.15, 0.2) is 0 Å². The number of nitrogens with zero attached hydrogens (tertiary/aromatic N) is 2. The molecule has 1 aromatic heterocycles. The summed E-state index contributed by atoms with van der Waals surface area (Å²) in [5.74, 6) is 1.33. The van der Waals surface area contributed by atoms with E-state index >= 15 is 0 Å². The molecule has 3 nitrogen and oxygen atoms in total. The molecule has 2 heterocycles. The van der Waals surface area contributed by atoms with Gasteiger partial charge in [0.1, 0.15) is 0 Å². The van der Waals surface area contributed by atoms with E-state index in [0.717, 1.165) is 24.0 Å². The number of nitrogens with one attached hydrogen (secondary N) is 1. The van der Waals surface area contributed by atoms with Crippen LogP contribution in [0.3, 0.4) is 0 Å². The Bertz CT molecular complexity index is 272. The number of thioether (sulfide) groups is 1. The van der Waals surface area contributed by atoms with E-state index in [1.165, 1.54) is 25.0 Å². The monoisotopic (exact) mass is 223 g/mol. The fourth-order valence-corrected chi connectivity index (χ4v) is 3.02. The van der Waals surface area contributed by atoms with E-state index in [1.807, 2.05) is 6.20 Å². The van der Waals surface area contributed by atoms with Gasteiger partial charge in [-0.2, -0.15) is 11.8 Å². The van der Waals surface area contributed by atoms with Gasteiger partial charge < -0.3 is 5.32 Å². The zero-order chi connectivity index (χ0) is 10.3. The summed E-state index contributed by atoms with van der Waals surface area (Å²) in [5, 5.41) is 4.25. The second kappa shape index (κ2) is 6.08. The average Bonchev–Trinajstić information content (AvgIpc) is 2.32. The van der Waals surface area contributed by atoms with Crippen LogP contribution in [0.25, 0.3) is 0 Å². The van der Waals surface area contributed by atoms with Crippen LogP contribution in [0.1, 0.15) is 25.0 Å². The Morgan fingerprint density at radius 2 is 2.40 bits per heavy atom. The molecule has 82 valence electrons. The van der Waals surface area contributed by atoms with Crippen molar-refractivity contribution in [2.75, 3.05) is 12.3 Å². The van der Waals surface area contributed by atoms with Crippen molar-refractivity contribution in [2.24, 2.45) is 0 Å². The largest absolute Gasteiger partial charge is 0.310 e. The molecule has 15 heavy (non-hydrogen) atoms. The highest BCUT2D eigenvalue weighted by molar-refractivity contribution is 7.99. The molecule has 2 rings (SSSR count). The van der Waals surface area contributed by atoms with E-state index in [0.29, 0.717) is 0 Å². The van der Waals surface area contributed by atoms with Crippen LogP contribution in [0.4, 0.5) is 0 Å². The number of hydrogen-bond acceptors (Lipinski definition) is 4. The Kier molecular flexibility index (Phi) is 4.41. The molecular weight excluding hydrogens is 206 g/mol. The van der Waals surface area contributed by atoms with Gasteiger partial charge in [-0.25, -0.2) is 0 Å². The molecule has 0 radical (unpaired) electrons. The van der Waals surface area contributed by atoms with E-state index in [9.17, 15) is 0 Å². The number of aromatic nitrogens is 2. The predicted molar refractivity (Wildman–Crippen MR) is 63.8 cm³/mol. The lowest BCUT2D eigenvalue weighted by Gasteiger charge is -2.21. The fraction of sp³-hybridized carbons (Fsp3) is 0.636. The molecule has 1 atom stereocenters. The van der Waals surface area contributed by atoms with Gasteiger partial charge in [0.25, 0.3) is 0 Å². The average molecular weight is 223 g/mol. The Hall–Kier alpha value is -0.610. The van der Waals surface area contributed by atoms with Crippen molar-refractivity contribution >= 4 is 11.8 Å². The second-order valence-electron chi connectivity index (χ2n) is 3.82. The molecule has 1 saturated heterocycles. The first-order chi connectivity index (χ1) is 7.45. The fourth-order valence-electron chi connectivity index (χ4n) is 1.75. The topological polar surface area (TPSA) is 37.8 Å². The molecule has 1 N–H and O–H groups in total. The smallest absolute Gasteiger partial charge is 0.0724 e. The van der Waals surface area contributed by atoms with Gasteiger partial charge in [-0.3, -0.25) is 9.97 Å². The lowest BCUT2D eigenvalue weighted by Crippen LogP contribution is -2.26. The zero-order valence-corrected chi connectivity index (χ0v) is 9.67. The summed E-state index contributed by atoms with van der Waals surface area (Å²) in [6.45, 7) is 1.94. The van der Waals surface area contributed by atoms with Gasteiger partial charge in [-0.05, 0) is 18.6 Å². The van der Waals surface area contributed by atoms with Crippen molar-refractivity contribution in [2.45, 2.75) is 31.1 Å². The van der Waals surface area contributed by atoms with Crippen LogP contribution in [0.5, 0.6) is 0 Å². The molecule has 1 aromatic rings. The van der Waals surface area contributed by atoms with Crippen molar-refractivity contribution in [3.63, 3.8) is 0 Å². The third kappa shape index (κ3) is 3.80. The summed E-state index contributed by atoms with van der Waals surface area (Å²) < 4.78 is 0.